The molecule has 6 bridgehead atoms. The highest BCUT2D eigenvalue weighted by atomic mass is 16.8. The highest BCUT2D eigenvalue weighted by molar-refractivity contribution is 5.96. The average molecular weight is 852 g/mol. The molecule has 332 valence electrons. The number of hydrogen-bond donors (Lipinski definition) is 4. The number of fused-ring (bicyclic) bond motifs is 6. The number of methoxy groups -OCH3 is 1. The SMILES string of the molecule is CCn1c(-c2cccnc2[C@H](C)OC)c2c3cc(ccc31)-c1cc(O)cc(c1)CC(NC(=O)[C@H](C(C)C)N(C)C(=O)[C@@H]1CCNC1)C(=O)N1CCC[C@H](N1)[N+](=O)OCC(C)(C)C2. The van der Waals surface area contributed by atoms with Crippen LogP contribution in [0.25, 0.3) is 33.3 Å². The van der Waals surface area contributed by atoms with E-state index in [0.29, 0.717) is 55.8 Å². The fourth-order valence-electron chi connectivity index (χ4n) is 9.46. The molecule has 62 heavy (non-hydrogen) atoms. The summed E-state index contributed by atoms with van der Waals surface area (Å²) < 4.78 is 8.10. The number of carbonyl (C=O) groups is 3. The second-order valence-electron chi connectivity index (χ2n) is 18.3. The van der Waals surface area contributed by atoms with Crippen molar-refractivity contribution >= 4 is 28.6 Å². The number of phenolic OH excluding ortho intramolecular Hbond substituents is 1. The van der Waals surface area contributed by atoms with Gasteiger partial charge in [-0.1, -0.05) is 39.8 Å². The summed E-state index contributed by atoms with van der Waals surface area (Å²) in [4.78, 5) is 69.2. The first-order valence-electron chi connectivity index (χ1n) is 22.0. The molecule has 2 aromatic carbocycles. The summed E-state index contributed by atoms with van der Waals surface area (Å²) in [5, 5.41) is 19.9. The average Bonchev–Trinajstić information content (AvgIpc) is 3.90. The number of nitrogens with zero attached hydrogens (tertiary/aromatic N) is 5. The lowest BCUT2D eigenvalue weighted by molar-refractivity contribution is -0.835. The van der Waals surface area contributed by atoms with E-state index in [1.165, 1.54) is 9.91 Å². The van der Waals surface area contributed by atoms with Crippen molar-refractivity contribution in [3.8, 4) is 28.1 Å². The summed E-state index contributed by atoms with van der Waals surface area (Å²) in [6.07, 6.45) is 2.84. The molecular weight excluding hydrogens is 789 g/mol. The van der Waals surface area contributed by atoms with E-state index in [1.54, 1.807) is 32.5 Å². The minimum absolute atomic E-state index is 0.0112. The van der Waals surface area contributed by atoms with E-state index in [9.17, 15) is 24.4 Å². The van der Waals surface area contributed by atoms with Gasteiger partial charge in [0.05, 0.1) is 28.3 Å². The van der Waals surface area contributed by atoms with Crippen molar-refractivity contribution in [3.05, 3.63) is 76.5 Å². The molecule has 7 rings (SSSR count). The third kappa shape index (κ3) is 9.20. The Morgan fingerprint density at radius 3 is 2.63 bits per heavy atom. The lowest BCUT2D eigenvalue weighted by atomic mass is 9.84. The van der Waals surface area contributed by atoms with Gasteiger partial charge in [0.15, 0.2) is 6.61 Å². The number of nitrogens with one attached hydrogen (secondary N) is 3. The zero-order valence-corrected chi connectivity index (χ0v) is 37.4. The smallest absolute Gasteiger partial charge is 0.326 e. The van der Waals surface area contributed by atoms with E-state index in [0.717, 1.165) is 51.1 Å². The summed E-state index contributed by atoms with van der Waals surface area (Å²) in [7, 11) is 3.32. The number of pyridine rings is 1. The molecule has 15 heteroatoms. The van der Waals surface area contributed by atoms with E-state index in [-0.39, 0.29) is 42.6 Å². The van der Waals surface area contributed by atoms with Crippen LogP contribution >= 0.6 is 0 Å². The molecule has 15 nitrogen and oxygen atoms in total. The first kappa shape index (κ1) is 44.7. The van der Waals surface area contributed by atoms with Gasteiger partial charge in [-0.3, -0.25) is 24.4 Å². The highest BCUT2D eigenvalue weighted by Gasteiger charge is 2.41. The number of ether oxygens (including phenoxy) is 1. The predicted octanol–water partition coefficient (Wildman–Crippen LogP) is 5.67. The zero-order chi connectivity index (χ0) is 44.5. The minimum atomic E-state index is -1.11. The molecule has 3 amide bonds. The van der Waals surface area contributed by atoms with Crippen LogP contribution in [-0.2, 0) is 43.3 Å². The van der Waals surface area contributed by atoms with Gasteiger partial charge in [0, 0.05) is 74.7 Å². The number of carbonyl (C=O) groups excluding carboxylic acids is 3. The molecule has 4 aromatic rings. The summed E-state index contributed by atoms with van der Waals surface area (Å²) in [6.45, 7) is 14.4. The maximum atomic E-state index is 14.6. The van der Waals surface area contributed by atoms with Gasteiger partial charge in [-0.05, 0) is 104 Å². The van der Waals surface area contributed by atoms with Crippen LogP contribution < -0.4 is 16.1 Å². The van der Waals surface area contributed by atoms with Crippen LogP contribution in [0, 0.1) is 22.2 Å². The Morgan fingerprint density at radius 2 is 1.92 bits per heavy atom. The Balaban J connectivity index is 1.35. The molecule has 3 aliphatic rings. The maximum Gasteiger partial charge on any atom is 0.326 e. The Hall–Kier alpha value is -5.38. The zero-order valence-electron chi connectivity index (χ0n) is 37.4. The van der Waals surface area contributed by atoms with Crippen molar-refractivity contribution in [1.29, 1.82) is 0 Å². The van der Waals surface area contributed by atoms with Crippen LogP contribution in [-0.4, -0.2) is 106 Å². The van der Waals surface area contributed by atoms with Crippen molar-refractivity contribution in [1.82, 2.24) is 35.5 Å². The van der Waals surface area contributed by atoms with Crippen molar-refractivity contribution in [2.45, 2.75) is 105 Å². The molecule has 5 heterocycles. The molecule has 0 saturated carbocycles. The fraction of sp³-hybridized carbons (Fsp3) is 0.532. The van der Waals surface area contributed by atoms with E-state index in [1.807, 2.05) is 39.0 Å². The number of likely N-dealkylation sites (N-methyl/N-ethyl adjacent to an activating group) is 1. The minimum Gasteiger partial charge on any atom is -0.508 e. The van der Waals surface area contributed by atoms with Gasteiger partial charge in [0.1, 0.15) is 17.8 Å². The molecular formula is C47H63N8O7+. The number of benzene rings is 2. The van der Waals surface area contributed by atoms with Gasteiger partial charge in [-0.25, -0.2) is 4.84 Å². The van der Waals surface area contributed by atoms with Crippen molar-refractivity contribution in [2.24, 2.45) is 17.3 Å². The number of aromatic hydroxyl groups is 1. The lowest BCUT2D eigenvalue weighted by Gasteiger charge is -2.35. The van der Waals surface area contributed by atoms with Gasteiger partial charge >= 0.3 is 6.17 Å². The number of rotatable bonds is 9. The second kappa shape index (κ2) is 18.5. The maximum absolute atomic E-state index is 14.6. The molecule has 2 fully saturated rings. The lowest BCUT2D eigenvalue weighted by Crippen LogP contribution is -2.62. The Bertz CT molecular complexity index is 2320. The number of phenols is 1. The first-order valence-corrected chi connectivity index (χ1v) is 22.0. The van der Waals surface area contributed by atoms with Crippen molar-refractivity contribution in [3.63, 3.8) is 0 Å². The van der Waals surface area contributed by atoms with E-state index in [2.05, 4.69) is 59.6 Å². The third-order valence-electron chi connectivity index (χ3n) is 12.7. The van der Waals surface area contributed by atoms with Crippen LogP contribution in [0.3, 0.4) is 0 Å². The first-order chi connectivity index (χ1) is 29.6. The van der Waals surface area contributed by atoms with Gasteiger partial charge < -0.3 is 29.9 Å². The topological polar surface area (TPSA) is 170 Å². The largest absolute Gasteiger partial charge is 0.508 e. The Morgan fingerprint density at radius 1 is 1.13 bits per heavy atom. The van der Waals surface area contributed by atoms with Gasteiger partial charge in [-0.15, -0.1) is 0 Å². The number of aromatic nitrogens is 2. The summed E-state index contributed by atoms with van der Waals surface area (Å²) in [6, 6.07) is 13.6. The molecule has 2 aromatic heterocycles. The standard InChI is InChI=1S/C47H62N8O7/c1-9-53-39-15-14-31-24-36(39)37(43(53)35-12-10-17-49-41(35)29(4)61-8)25-47(5,6)27-62-55(60)40-13-11-19-54(51-40)46(59)38(22-30-20-33(31)23-34(56)21-30)50-44(57)42(28(2)3)52(7)45(58)32-16-18-48-26-32/h10,12,14-15,17,20-21,23-24,28-29,32,38,40,42,48,51H,9,11,13,16,18-19,22,25-27H2,1-8H3,(H-,50,56,57)/p+1/t29-,32+,38?,40+,42-/m0/s1. The molecule has 5 atom stereocenters. The van der Waals surface area contributed by atoms with Gasteiger partial charge in [-0.2, -0.15) is 5.43 Å². The van der Waals surface area contributed by atoms with Crippen LogP contribution in [0.15, 0.2) is 54.7 Å². The van der Waals surface area contributed by atoms with Crippen molar-refractivity contribution in [2.75, 3.05) is 40.4 Å². The predicted molar refractivity (Wildman–Crippen MR) is 236 cm³/mol. The Labute approximate surface area is 364 Å². The summed E-state index contributed by atoms with van der Waals surface area (Å²) in [5.74, 6) is -1.51. The molecule has 0 spiro atoms. The van der Waals surface area contributed by atoms with Gasteiger partial charge in [0.2, 0.25) is 16.7 Å². The number of hydrogen-bond acceptors (Lipinski definition) is 10. The Kier molecular flexibility index (Phi) is 13.4. The normalized spacial score (nSPS) is 21.6. The molecule has 2 saturated heterocycles. The number of aryl methyl sites for hydroxylation is 1. The van der Waals surface area contributed by atoms with E-state index in [4.69, 9.17) is 14.6 Å². The molecule has 3 aliphatic heterocycles. The number of amides is 3. The summed E-state index contributed by atoms with van der Waals surface area (Å²) in [5.41, 5.74) is 9.62. The third-order valence-corrected chi connectivity index (χ3v) is 12.7. The van der Waals surface area contributed by atoms with E-state index >= 15 is 0 Å². The second-order valence-corrected chi connectivity index (χ2v) is 18.3. The summed E-state index contributed by atoms with van der Waals surface area (Å²) >= 11 is 0. The molecule has 4 N–H and O–H groups in total. The quantitative estimate of drug-likeness (QED) is 0.165. The van der Waals surface area contributed by atoms with E-state index < -0.39 is 35.5 Å². The highest BCUT2D eigenvalue weighted by Crippen LogP contribution is 2.42. The van der Waals surface area contributed by atoms with Crippen LogP contribution in [0.2, 0.25) is 0 Å². The van der Waals surface area contributed by atoms with Crippen LogP contribution in [0.5, 0.6) is 5.75 Å². The van der Waals surface area contributed by atoms with Crippen LogP contribution in [0.4, 0.5) is 0 Å². The molecule has 1 unspecified atom stereocenters. The molecule has 0 aliphatic carbocycles. The number of hydrazine groups is 1. The van der Waals surface area contributed by atoms with Crippen molar-refractivity contribution < 1.29 is 34.0 Å². The monoisotopic (exact) mass is 851 g/mol. The van der Waals surface area contributed by atoms with Crippen LogP contribution in [0.1, 0.15) is 83.7 Å². The molecule has 0 radical (unpaired) electrons. The van der Waals surface area contributed by atoms with Gasteiger partial charge in [0.25, 0.3) is 5.91 Å². The fourth-order valence-corrected chi connectivity index (χ4v) is 9.46.